The van der Waals surface area contributed by atoms with Crippen molar-refractivity contribution >= 4 is 43.8 Å². The molecule has 1 atom stereocenters. The lowest BCUT2D eigenvalue weighted by Crippen LogP contribution is -2.38. The number of anilines is 2. The average Bonchev–Trinajstić information content (AvgIpc) is 3.49. The second-order valence-electron chi connectivity index (χ2n) is 9.98. The monoisotopic (exact) mass is 605 g/mol. The van der Waals surface area contributed by atoms with Crippen LogP contribution < -0.4 is 20.1 Å². The number of nitrogens with one attached hydrogen (secondary N) is 3. The van der Waals surface area contributed by atoms with Crippen molar-refractivity contribution in [1.82, 2.24) is 25.3 Å². The molecule has 0 spiro atoms. The lowest BCUT2D eigenvalue weighted by molar-refractivity contribution is 0.466. The normalized spacial score (nSPS) is 15.4. The molecule has 1 aliphatic heterocycles. The van der Waals surface area contributed by atoms with Crippen LogP contribution in [0, 0.1) is 12.7 Å². The Morgan fingerprint density at radius 1 is 1.10 bits per heavy atom. The number of hydrogen-bond acceptors (Lipinski definition) is 10. The first kappa shape index (κ1) is 27.9. The molecular weight excluding hydrogens is 577 g/mol. The molecular formula is C29H28FN7O3S2. The summed E-state index contributed by atoms with van der Waals surface area (Å²) in [7, 11) is -3.93. The van der Waals surface area contributed by atoms with Crippen molar-refractivity contribution in [3.8, 4) is 22.9 Å². The summed E-state index contributed by atoms with van der Waals surface area (Å²) in [5.41, 5.74) is 3.81. The molecule has 6 rings (SSSR count). The fraction of sp³-hybridized carbons (Fsp3) is 0.241. The minimum absolute atomic E-state index is 0.155. The van der Waals surface area contributed by atoms with E-state index in [0.717, 1.165) is 31.5 Å². The van der Waals surface area contributed by atoms with Crippen LogP contribution in [0.3, 0.4) is 0 Å². The molecule has 42 heavy (non-hydrogen) atoms. The molecule has 4 heterocycles. The summed E-state index contributed by atoms with van der Waals surface area (Å²) in [5.74, 6) is 0.167. The molecule has 0 bridgehead atoms. The second kappa shape index (κ2) is 12.0. The molecule has 0 unspecified atom stereocenters. The third-order valence-electron chi connectivity index (χ3n) is 6.91. The fourth-order valence-electron chi connectivity index (χ4n) is 4.89. The fourth-order valence-corrected chi connectivity index (χ4v) is 6.70. The average molecular weight is 606 g/mol. The molecule has 216 valence electrons. The Labute approximate surface area is 246 Å². The van der Waals surface area contributed by atoms with Gasteiger partial charge in [0.25, 0.3) is 0 Å². The first-order valence-corrected chi connectivity index (χ1v) is 16.0. The van der Waals surface area contributed by atoms with Gasteiger partial charge in [0.15, 0.2) is 0 Å². The zero-order valence-corrected chi connectivity index (χ0v) is 24.3. The molecule has 10 nitrogen and oxygen atoms in total. The second-order valence-corrected chi connectivity index (χ2v) is 12.4. The number of aryl methyl sites for hydroxylation is 1. The number of fused-ring (bicyclic) bond motifs is 1. The van der Waals surface area contributed by atoms with Gasteiger partial charge in [0, 0.05) is 41.1 Å². The number of ether oxygens (including phenoxy) is 1. The van der Waals surface area contributed by atoms with E-state index in [1.165, 1.54) is 17.4 Å². The van der Waals surface area contributed by atoms with Gasteiger partial charge in [0.1, 0.15) is 17.3 Å². The van der Waals surface area contributed by atoms with Crippen molar-refractivity contribution in [2.45, 2.75) is 31.6 Å². The van der Waals surface area contributed by atoms with Crippen LogP contribution in [0.5, 0.6) is 11.6 Å². The Morgan fingerprint density at radius 3 is 2.79 bits per heavy atom. The van der Waals surface area contributed by atoms with Crippen LogP contribution in [0.4, 0.5) is 16.0 Å². The van der Waals surface area contributed by atoms with Gasteiger partial charge in [-0.15, -0.1) is 11.3 Å². The van der Waals surface area contributed by atoms with E-state index in [4.69, 9.17) is 9.72 Å². The quantitative estimate of drug-likeness (QED) is 0.200. The summed E-state index contributed by atoms with van der Waals surface area (Å²) in [6.45, 7) is 3.71. The summed E-state index contributed by atoms with van der Waals surface area (Å²) in [4.78, 5) is 17.6. The van der Waals surface area contributed by atoms with Gasteiger partial charge in [-0.2, -0.15) is 0 Å². The van der Waals surface area contributed by atoms with E-state index in [-0.39, 0.29) is 17.5 Å². The molecule has 1 aliphatic rings. The summed E-state index contributed by atoms with van der Waals surface area (Å²) in [6.07, 6.45) is 5.42. The van der Waals surface area contributed by atoms with Gasteiger partial charge in [-0.05, 0) is 62.2 Å². The van der Waals surface area contributed by atoms with Crippen LogP contribution in [-0.4, -0.2) is 47.5 Å². The SMILES string of the molecule is Cc1ccc2c(NS(=O)(=O)Cc3cscn3)c(F)ccc2c1Oc1ncccc1-c1ccnc(N[C@H]2CCCNC2)n1. The van der Waals surface area contributed by atoms with Gasteiger partial charge in [-0.1, -0.05) is 12.1 Å². The third kappa shape index (κ3) is 6.17. The Morgan fingerprint density at radius 2 is 1.98 bits per heavy atom. The number of sulfonamides is 1. The number of piperidine rings is 1. The number of benzene rings is 2. The van der Waals surface area contributed by atoms with Gasteiger partial charge >= 0.3 is 0 Å². The highest BCUT2D eigenvalue weighted by Crippen LogP contribution is 2.39. The van der Waals surface area contributed by atoms with Crippen molar-refractivity contribution in [2.24, 2.45) is 0 Å². The number of thiazole rings is 1. The summed E-state index contributed by atoms with van der Waals surface area (Å²) in [5, 5.41) is 9.29. The predicted octanol–water partition coefficient (Wildman–Crippen LogP) is 5.49. The van der Waals surface area contributed by atoms with Crippen LogP contribution in [0.15, 0.2) is 65.7 Å². The van der Waals surface area contributed by atoms with Crippen LogP contribution in [0.2, 0.25) is 0 Å². The first-order valence-electron chi connectivity index (χ1n) is 13.4. The number of rotatable bonds is 9. The van der Waals surface area contributed by atoms with Crippen LogP contribution in [-0.2, 0) is 15.8 Å². The zero-order valence-electron chi connectivity index (χ0n) is 22.7. The lowest BCUT2D eigenvalue weighted by Gasteiger charge is -2.23. The van der Waals surface area contributed by atoms with E-state index in [0.29, 0.717) is 45.3 Å². The number of pyridine rings is 1. The Bertz CT molecular complexity index is 1830. The van der Waals surface area contributed by atoms with Gasteiger partial charge in [-0.25, -0.2) is 32.7 Å². The molecule has 0 radical (unpaired) electrons. The van der Waals surface area contributed by atoms with E-state index in [1.807, 2.05) is 13.0 Å². The topological polar surface area (TPSA) is 131 Å². The van der Waals surface area contributed by atoms with Crippen molar-refractivity contribution in [3.63, 3.8) is 0 Å². The minimum Gasteiger partial charge on any atom is -0.437 e. The molecule has 0 amide bonds. The zero-order chi connectivity index (χ0) is 29.1. The highest BCUT2D eigenvalue weighted by atomic mass is 32.2. The smallest absolute Gasteiger partial charge is 0.238 e. The van der Waals surface area contributed by atoms with Crippen LogP contribution in [0.25, 0.3) is 22.0 Å². The predicted molar refractivity (Wildman–Crippen MR) is 162 cm³/mol. The van der Waals surface area contributed by atoms with Crippen molar-refractivity contribution < 1.29 is 17.5 Å². The highest BCUT2D eigenvalue weighted by Gasteiger charge is 2.21. The van der Waals surface area contributed by atoms with E-state index < -0.39 is 15.8 Å². The molecule has 0 saturated carbocycles. The van der Waals surface area contributed by atoms with Crippen LogP contribution >= 0.6 is 11.3 Å². The highest BCUT2D eigenvalue weighted by molar-refractivity contribution is 7.91. The van der Waals surface area contributed by atoms with Gasteiger partial charge in [0.2, 0.25) is 21.9 Å². The number of aromatic nitrogens is 4. The maximum atomic E-state index is 15.1. The number of halogens is 1. The summed E-state index contributed by atoms with van der Waals surface area (Å²) < 4.78 is 49.6. The van der Waals surface area contributed by atoms with E-state index in [2.05, 4.69) is 30.3 Å². The summed E-state index contributed by atoms with van der Waals surface area (Å²) >= 11 is 1.29. The van der Waals surface area contributed by atoms with Gasteiger partial charge in [-0.3, -0.25) is 4.72 Å². The number of hydrogen-bond donors (Lipinski definition) is 3. The summed E-state index contributed by atoms with van der Waals surface area (Å²) in [6, 6.07) is 11.9. The van der Waals surface area contributed by atoms with E-state index >= 15 is 4.39 Å². The third-order valence-corrected chi connectivity index (χ3v) is 8.73. The van der Waals surface area contributed by atoms with E-state index in [1.54, 1.807) is 53.6 Å². The minimum atomic E-state index is -3.93. The van der Waals surface area contributed by atoms with Crippen molar-refractivity contribution in [2.75, 3.05) is 23.1 Å². The molecule has 3 aromatic heterocycles. The first-order chi connectivity index (χ1) is 20.4. The molecule has 13 heteroatoms. The molecule has 5 aromatic rings. The lowest BCUT2D eigenvalue weighted by atomic mass is 10.0. The Kier molecular flexibility index (Phi) is 7.96. The molecule has 0 aliphatic carbocycles. The maximum Gasteiger partial charge on any atom is 0.238 e. The molecule has 1 saturated heterocycles. The Hall–Kier alpha value is -4.20. The van der Waals surface area contributed by atoms with Gasteiger partial charge < -0.3 is 15.4 Å². The van der Waals surface area contributed by atoms with Crippen molar-refractivity contribution in [3.05, 3.63) is 82.8 Å². The maximum absolute atomic E-state index is 15.1. The van der Waals surface area contributed by atoms with Gasteiger partial charge in [0.05, 0.1) is 28.1 Å². The van der Waals surface area contributed by atoms with E-state index in [9.17, 15) is 8.42 Å². The van der Waals surface area contributed by atoms with Crippen LogP contribution in [0.1, 0.15) is 24.1 Å². The molecule has 2 aromatic carbocycles. The molecule has 3 N–H and O–H groups in total. The van der Waals surface area contributed by atoms with Crippen molar-refractivity contribution in [1.29, 1.82) is 0 Å². The molecule has 1 fully saturated rings. The largest absolute Gasteiger partial charge is 0.437 e. The number of nitrogens with zero attached hydrogens (tertiary/aromatic N) is 4. The standard InChI is InChI=1S/C29H28FN7O3S2/c1-18-6-7-21-22(8-9-24(30)26(21)37-42(38,39)16-20-15-41-17-34-20)27(18)40-28-23(5-3-12-32-28)25-10-13-33-29(36-25)35-19-4-2-11-31-14-19/h3,5-10,12-13,15,17,19,31,37H,2,4,11,14,16H2,1H3,(H,33,35,36)/t19-/m0/s1. The Balaban J connectivity index is 1.33.